The Morgan fingerprint density at radius 3 is 1.36 bits per heavy atom. The minimum absolute atomic E-state index is 0.504. The van der Waals surface area contributed by atoms with Gasteiger partial charge in [0.25, 0.3) is 0 Å². The van der Waals surface area contributed by atoms with Gasteiger partial charge in [0, 0.05) is 11.1 Å². The molecule has 0 aliphatic carbocycles. The van der Waals surface area contributed by atoms with Gasteiger partial charge in [-0.1, -0.05) is 78.6 Å². The highest BCUT2D eigenvalue weighted by Gasteiger charge is 2.34. The second kappa shape index (κ2) is 12.4. The van der Waals surface area contributed by atoms with E-state index in [-0.39, 0.29) is 0 Å². The normalized spacial score (nSPS) is 20.7. The van der Waals surface area contributed by atoms with Crippen molar-refractivity contribution in [3.05, 3.63) is 89.6 Å². The first-order chi connectivity index (χ1) is 20.3. The molecule has 0 saturated heterocycles. The average molecular weight is 602 g/mol. The first-order valence-corrected chi connectivity index (χ1v) is 16.6. The number of aliphatic imine (C=N–C) groups is 4. The van der Waals surface area contributed by atoms with Crippen molar-refractivity contribution in [1.29, 1.82) is 0 Å². The maximum absolute atomic E-state index is 7.17. The highest BCUT2D eigenvalue weighted by molar-refractivity contribution is 6.57. The quantitative estimate of drug-likeness (QED) is 0.266. The number of allylic oxidation sites excluding steroid dienone is 12. The maximum Gasteiger partial charge on any atom is 0.103 e. The van der Waals surface area contributed by atoms with E-state index in [1.165, 1.54) is 44.6 Å². The third-order valence-electron chi connectivity index (χ3n) is 8.92. The zero-order valence-electron chi connectivity index (χ0n) is 26.4. The van der Waals surface area contributed by atoms with Crippen molar-refractivity contribution in [2.75, 3.05) is 0 Å². The van der Waals surface area contributed by atoms with E-state index < -0.39 is 0 Å². The Labute approximate surface area is 261 Å². The lowest BCUT2D eigenvalue weighted by molar-refractivity contribution is 1.02. The van der Waals surface area contributed by atoms with Gasteiger partial charge in [-0.15, -0.1) is 0 Å². The molecule has 8 bridgehead atoms. The summed E-state index contributed by atoms with van der Waals surface area (Å²) in [5.74, 6) is 0. The lowest BCUT2D eigenvalue weighted by Gasteiger charge is -2.14. The molecule has 0 unspecified atom stereocenters. The summed E-state index contributed by atoms with van der Waals surface area (Å²) in [4.78, 5) is 21.0. The standard InChI is InChI=1S/C36H42Cl2N4/c1-9-20-21(10-2)31-26(15-7)32-22(11-3)23(12-4)33(41-32)27(16-8)34-24(13-5)25(14-6)35(42-34)30(38)36-28(37)17-19(39-36)18-29(20)40-31/h17-18H,9-16H2,1-8H3. The molecule has 0 amide bonds. The van der Waals surface area contributed by atoms with Crippen LogP contribution in [-0.2, 0) is 0 Å². The van der Waals surface area contributed by atoms with E-state index in [2.05, 4.69) is 61.5 Å². The molecule has 0 aromatic carbocycles. The molecule has 0 aromatic heterocycles. The molecular formula is C36H42Cl2N4. The summed E-state index contributed by atoms with van der Waals surface area (Å²) in [6, 6.07) is 0. The van der Waals surface area contributed by atoms with Crippen LogP contribution in [0.1, 0.15) is 107 Å². The summed E-state index contributed by atoms with van der Waals surface area (Å²) < 4.78 is 0. The van der Waals surface area contributed by atoms with Crippen LogP contribution in [0.2, 0.25) is 0 Å². The fourth-order valence-electron chi connectivity index (χ4n) is 7.00. The molecular weight excluding hydrogens is 559 g/mol. The van der Waals surface area contributed by atoms with E-state index in [0.717, 1.165) is 91.3 Å². The van der Waals surface area contributed by atoms with Crippen LogP contribution in [0.4, 0.5) is 0 Å². The van der Waals surface area contributed by atoms with Gasteiger partial charge in [-0.3, -0.25) is 0 Å². The molecule has 5 aliphatic rings. The van der Waals surface area contributed by atoms with Gasteiger partial charge in [0.05, 0.1) is 50.0 Å². The Balaban J connectivity index is 1.96. The average Bonchev–Trinajstić information content (AvgIpc) is 3.74. The van der Waals surface area contributed by atoms with E-state index in [4.69, 9.17) is 43.2 Å². The topological polar surface area (TPSA) is 49.4 Å². The van der Waals surface area contributed by atoms with Crippen molar-refractivity contribution in [1.82, 2.24) is 0 Å². The van der Waals surface area contributed by atoms with Crippen LogP contribution >= 0.6 is 23.2 Å². The molecule has 5 heterocycles. The minimum atomic E-state index is 0.504. The van der Waals surface area contributed by atoms with E-state index in [0.29, 0.717) is 15.8 Å². The Bertz CT molecular complexity index is 1640. The van der Waals surface area contributed by atoms with E-state index >= 15 is 0 Å². The van der Waals surface area contributed by atoms with Crippen molar-refractivity contribution < 1.29 is 0 Å². The number of nitrogens with zero attached hydrogens (tertiary/aromatic N) is 4. The van der Waals surface area contributed by atoms with E-state index in [1.807, 2.05) is 6.08 Å². The molecule has 0 spiro atoms. The monoisotopic (exact) mass is 600 g/mol. The van der Waals surface area contributed by atoms with Gasteiger partial charge in [-0.2, -0.15) is 0 Å². The van der Waals surface area contributed by atoms with Gasteiger partial charge >= 0.3 is 0 Å². The Hall–Kier alpha value is -2.82. The van der Waals surface area contributed by atoms with Crippen LogP contribution < -0.4 is 0 Å². The molecule has 4 nitrogen and oxygen atoms in total. The van der Waals surface area contributed by atoms with Crippen LogP contribution in [0.3, 0.4) is 0 Å². The number of hydrogen-bond donors (Lipinski definition) is 0. The number of rotatable bonds is 8. The SMILES string of the molecule is CCC1=C(CC)C2=C(CC)C3=NC(=C(CC)C4=NC(=C(Cl)C5=NC(=CC1=N2)C=C5Cl)C(CC)=C4CC)C(CC)=C3CC. The van der Waals surface area contributed by atoms with Crippen molar-refractivity contribution in [3.63, 3.8) is 0 Å². The fourth-order valence-corrected chi connectivity index (χ4v) is 7.60. The molecule has 0 atom stereocenters. The third kappa shape index (κ3) is 4.75. The van der Waals surface area contributed by atoms with E-state index in [1.54, 1.807) is 0 Å². The second-order valence-electron chi connectivity index (χ2n) is 11.0. The first kappa shape index (κ1) is 30.6. The predicted molar refractivity (Wildman–Crippen MR) is 182 cm³/mol. The van der Waals surface area contributed by atoms with Crippen molar-refractivity contribution in [2.24, 2.45) is 20.0 Å². The molecule has 0 aromatic rings. The molecule has 0 N–H and O–H groups in total. The minimum Gasteiger partial charge on any atom is -0.248 e. The van der Waals surface area contributed by atoms with Crippen molar-refractivity contribution in [3.8, 4) is 0 Å². The van der Waals surface area contributed by atoms with Crippen molar-refractivity contribution >= 4 is 46.0 Å². The highest BCUT2D eigenvalue weighted by atomic mass is 35.5. The van der Waals surface area contributed by atoms with Gasteiger partial charge in [-0.05, 0) is 97.0 Å². The first-order valence-electron chi connectivity index (χ1n) is 15.8. The Morgan fingerprint density at radius 2 is 0.857 bits per heavy atom. The summed E-state index contributed by atoms with van der Waals surface area (Å²) in [5, 5.41) is 1.04. The molecule has 220 valence electrons. The maximum atomic E-state index is 7.17. The van der Waals surface area contributed by atoms with Gasteiger partial charge < -0.3 is 0 Å². The molecule has 5 rings (SSSR count). The van der Waals surface area contributed by atoms with Crippen LogP contribution in [0, 0.1) is 0 Å². The van der Waals surface area contributed by atoms with Gasteiger partial charge in [0.2, 0.25) is 0 Å². The molecule has 6 heteroatoms. The molecule has 0 fully saturated rings. The molecule has 0 saturated carbocycles. The van der Waals surface area contributed by atoms with Gasteiger partial charge in [0.1, 0.15) is 5.71 Å². The van der Waals surface area contributed by atoms with Crippen LogP contribution in [-0.4, -0.2) is 22.8 Å². The molecule has 42 heavy (non-hydrogen) atoms. The smallest absolute Gasteiger partial charge is 0.103 e. The molecule has 5 aliphatic heterocycles. The summed E-state index contributed by atoms with van der Waals surface area (Å²) in [6.07, 6.45) is 11.0. The zero-order valence-corrected chi connectivity index (χ0v) is 27.9. The lowest BCUT2D eigenvalue weighted by Crippen LogP contribution is -2.07. The van der Waals surface area contributed by atoms with E-state index in [9.17, 15) is 0 Å². The van der Waals surface area contributed by atoms with Gasteiger partial charge in [0.15, 0.2) is 0 Å². The fraction of sp³-hybridized carbons (Fsp3) is 0.444. The summed E-state index contributed by atoms with van der Waals surface area (Å²) in [7, 11) is 0. The lowest BCUT2D eigenvalue weighted by atomic mass is 9.88. The van der Waals surface area contributed by atoms with Gasteiger partial charge in [-0.25, -0.2) is 20.0 Å². The van der Waals surface area contributed by atoms with Crippen molar-refractivity contribution in [2.45, 2.75) is 107 Å². The third-order valence-corrected chi connectivity index (χ3v) is 9.57. The summed E-state index contributed by atoms with van der Waals surface area (Å²) in [5.41, 5.74) is 17.4. The largest absolute Gasteiger partial charge is 0.248 e. The van der Waals surface area contributed by atoms with Crippen LogP contribution in [0.15, 0.2) is 110 Å². The number of halogens is 2. The zero-order chi connectivity index (χ0) is 30.3. The number of hydrogen-bond acceptors (Lipinski definition) is 4. The second-order valence-corrected chi connectivity index (χ2v) is 11.7. The van der Waals surface area contributed by atoms with Crippen LogP contribution in [0.5, 0.6) is 0 Å². The Morgan fingerprint density at radius 1 is 0.429 bits per heavy atom. The summed E-state index contributed by atoms with van der Waals surface area (Å²) >= 11 is 14.0. The Kier molecular flexibility index (Phi) is 9.06. The molecule has 0 radical (unpaired) electrons. The number of fused-ring (bicyclic) bond motifs is 4. The van der Waals surface area contributed by atoms with Crippen LogP contribution in [0.25, 0.3) is 0 Å². The predicted octanol–water partition coefficient (Wildman–Crippen LogP) is 11.0. The highest BCUT2D eigenvalue weighted by Crippen LogP contribution is 2.44. The summed E-state index contributed by atoms with van der Waals surface area (Å²) in [6.45, 7) is 17.8.